The summed E-state index contributed by atoms with van der Waals surface area (Å²) in [6, 6.07) is 16.3. The van der Waals surface area contributed by atoms with Gasteiger partial charge in [-0.3, -0.25) is 9.48 Å². The molecule has 9 heteroatoms. The molecule has 2 heterocycles. The van der Waals surface area contributed by atoms with Crippen LogP contribution in [0, 0.1) is 18.6 Å². The van der Waals surface area contributed by atoms with Crippen molar-refractivity contribution in [1.29, 1.82) is 0 Å². The summed E-state index contributed by atoms with van der Waals surface area (Å²) in [7, 11) is 0. The Morgan fingerprint density at radius 2 is 1.55 bits per heavy atom. The van der Waals surface area contributed by atoms with Gasteiger partial charge in [-0.15, -0.1) is 0 Å². The van der Waals surface area contributed by atoms with Crippen molar-refractivity contribution in [3.8, 4) is 22.5 Å². The van der Waals surface area contributed by atoms with Gasteiger partial charge in [-0.1, -0.05) is 20.3 Å². The molecule has 0 unspecified atom stereocenters. The van der Waals surface area contributed by atoms with Gasteiger partial charge in [0.15, 0.2) is 0 Å². The number of carbonyl (C=O) groups excluding carboxylic acids is 1. The molecule has 0 saturated carbocycles. The second kappa shape index (κ2) is 14.6. The molecular formula is C29H34F2N6O. The molecule has 1 N–H and O–H groups in total. The van der Waals surface area contributed by atoms with Crippen LogP contribution in [0.5, 0.6) is 0 Å². The SMILES string of the molecule is CCC.Cc1cc(N(CCCn2nc(-c3ccc(F)cc3)cc2-c2ccc(F)cc2)CCNC=O)ncn1. The number of hydrogen-bond acceptors (Lipinski definition) is 5. The van der Waals surface area contributed by atoms with Crippen molar-refractivity contribution < 1.29 is 13.6 Å². The minimum absolute atomic E-state index is 0.307. The first kappa shape index (κ1) is 28.4. The highest BCUT2D eigenvalue weighted by Gasteiger charge is 2.14. The maximum absolute atomic E-state index is 13.5. The summed E-state index contributed by atoms with van der Waals surface area (Å²) >= 11 is 0. The van der Waals surface area contributed by atoms with E-state index in [1.165, 1.54) is 37.0 Å². The fourth-order valence-electron chi connectivity index (χ4n) is 3.83. The second-order valence-electron chi connectivity index (χ2n) is 8.79. The summed E-state index contributed by atoms with van der Waals surface area (Å²) in [5, 5.41) is 7.46. The minimum atomic E-state index is -0.309. The summed E-state index contributed by atoms with van der Waals surface area (Å²) in [6.07, 6.45) is 4.20. The molecule has 0 spiro atoms. The van der Waals surface area contributed by atoms with Crippen molar-refractivity contribution in [1.82, 2.24) is 25.1 Å². The number of nitrogens with one attached hydrogen (secondary N) is 1. The number of hydrogen-bond donors (Lipinski definition) is 1. The van der Waals surface area contributed by atoms with Gasteiger partial charge in [0, 0.05) is 49.1 Å². The molecule has 2 aromatic heterocycles. The van der Waals surface area contributed by atoms with E-state index in [0.717, 1.165) is 34.8 Å². The zero-order chi connectivity index (χ0) is 27.3. The van der Waals surface area contributed by atoms with Crippen LogP contribution in [0.2, 0.25) is 0 Å². The van der Waals surface area contributed by atoms with E-state index in [2.05, 4.69) is 34.0 Å². The van der Waals surface area contributed by atoms with Crippen LogP contribution in [-0.4, -0.2) is 45.8 Å². The number of amides is 1. The molecule has 38 heavy (non-hydrogen) atoms. The van der Waals surface area contributed by atoms with Gasteiger partial charge in [0.2, 0.25) is 6.41 Å². The Morgan fingerprint density at radius 1 is 0.921 bits per heavy atom. The van der Waals surface area contributed by atoms with Gasteiger partial charge in [0.1, 0.15) is 23.8 Å². The fraction of sp³-hybridized carbons (Fsp3) is 0.310. The number of halogens is 2. The van der Waals surface area contributed by atoms with Gasteiger partial charge in [0.25, 0.3) is 0 Å². The fourth-order valence-corrected chi connectivity index (χ4v) is 3.83. The van der Waals surface area contributed by atoms with Crippen LogP contribution in [0.3, 0.4) is 0 Å². The first-order chi connectivity index (χ1) is 18.4. The Balaban J connectivity index is 0.00000127. The van der Waals surface area contributed by atoms with E-state index in [1.807, 2.05) is 23.7 Å². The van der Waals surface area contributed by atoms with Crippen LogP contribution in [0.1, 0.15) is 32.4 Å². The van der Waals surface area contributed by atoms with Gasteiger partial charge in [-0.05, 0) is 67.9 Å². The normalized spacial score (nSPS) is 10.4. The van der Waals surface area contributed by atoms with Crippen molar-refractivity contribution in [2.75, 3.05) is 24.5 Å². The number of anilines is 1. The number of benzene rings is 2. The van der Waals surface area contributed by atoms with E-state index in [9.17, 15) is 13.6 Å². The van der Waals surface area contributed by atoms with Crippen LogP contribution in [0.15, 0.2) is 67.0 Å². The van der Waals surface area contributed by atoms with Crippen LogP contribution in [-0.2, 0) is 11.3 Å². The van der Waals surface area contributed by atoms with E-state index in [1.54, 1.807) is 24.3 Å². The lowest BCUT2D eigenvalue weighted by atomic mass is 10.1. The smallest absolute Gasteiger partial charge is 0.207 e. The van der Waals surface area contributed by atoms with Gasteiger partial charge in [0.05, 0.1) is 11.4 Å². The molecule has 0 radical (unpaired) electrons. The summed E-state index contributed by atoms with van der Waals surface area (Å²) in [6.45, 7) is 8.51. The second-order valence-corrected chi connectivity index (χ2v) is 8.79. The largest absolute Gasteiger partial charge is 0.357 e. The van der Waals surface area contributed by atoms with Crippen LogP contribution >= 0.6 is 0 Å². The Hall–Kier alpha value is -4.14. The monoisotopic (exact) mass is 520 g/mol. The highest BCUT2D eigenvalue weighted by atomic mass is 19.1. The quantitative estimate of drug-likeness (QED) is 0.204. The molecule has 0 atom stereocenters. The predicted molar refractivity (Wildman–Crippen MR) is 147 cm³/mol. The summed E-state index contributed by atoms with van der Waals surface area (Å²) in [5.74, 6) is 0.172. The number of carbonyl (C=O) groups is 1. The molecule has 0 bridgehead atoms. The van der Waals surface area contributed by atoms with Crippen molar-refractivity contribution in [3.63, 3.8) is 0 Å². The van der Waals surface area contributed by atoms with E-state index in [-0.39, 0.29) is 11.6 Å². The third-order valence-corrected chi connectivity index (χ3v) is 5.58. The molecular weight excluding hydrogens is 486 g/mol. The maximum Gasteiger partial charge on any atom is 0.207 e. The Labute approximate surface area is 222 Å². The maximum atomic E-state index is 13.5. The average Bonchev–Trinajstić information content (AvgIpc) is 3.33. The highest BCUT2D eigenvalue weighted by Crippen LogP contribution is 2.27. The summed E-state index contributed by atoms with van der Waals surface area (Å²) < 4.78 is 28.8. The van der Waals surface area contributed by atoms with Crippen molar-refractivity contribution in [2.45, 2.75) is 40.2 Å². The molecule has 1 amide bonds. The molecule has 0 fully saturated rings. The minimum Gasteiger partial charge on any atom is -0.357 e. The average molecular weight is 521 g/mol. The predicted octanol–water partition coefficient (Wildman–Crippen LogP) is 5.65. The lowest BCUT2D eigenvalue weighted by molar-refractivity contribution is -0.109. The van der Waals surface area contributed by atoms with E-state index in [4.69, 9.17) is 5.10 Å². The standard InChI is InChI=1S/C26H26F2N6O.C3H8/c1-19-15-26(31-17-30-19)33(14-11-29-18-35)12-2-13-34-25(21-5-9-23(28)10-6-21)16-24(32-34)20-3-7-22(27)8-4-20;1-3-2/h3-10,15-18H,2,11-14H2,1H3,(H,29,35);3H2,1-2H3. The summed E-state index contributed by atoms with van der Waals surface area (Å²) in [5.41, 5.74) is 4.05. The molecule has 4 rings (SSSR count). The number of nitrogens with zero attached hydrogens (tertiary/aromatic N) is 5. The van der Waals surface area contributed by atoms with Crippen LogP contribution < -0.4 is 10.2 Å². The molecule has 7 nitrogen and oxygen atoms in total. The molecule has 4 aromatic rings. The lowest BCUT2D eigenvalue weighted by Crippen LogP contribution is -2.33. The molecule has 0 aliphatic heterocycles. The third kappa shape index (κ3) is 8.19. The zero-order valence-corrected chi connectivity index (χ0v) is 22.1. The lowest BCUT2D eigenvalue weighted by Gasteiger charge is -2.24. The van der Waals surface area contributed by atoms with Crippen LogP contribution in [0.4, 0.5) is 14.6 Å². The van der Waals surface area contributed by atoms with E-state index < -0.39 is 0 Å². The molecule has 0 aliphatic rings. The Morgan fingerprint density at radius 3 is 2.16 bits per heavy atom. The Kier molecular flexibility index (Phi) is 10.9. The van der Waals surface area contributed by atoms with Gasteiger partial charge in [-0.25, -0.2) is 18.7 Å². The van der Waals surface area contributed by atoms with Gasteiger partial charge < -0.3 is 10.2 Å². The highest BCUT2D eigenvalue weighted by molar-refractivity contribution is 5.68. The third-order valence-electron chi connectivity index (χ3n) is 5.58. The van der Waals surface area contributed by atoms with Gasteiger partial charge in [-0.2, -0.15) is 5.10 Å². The first-order valence-electron chi connectivity index (χ1n) is 12.8. The van der Waals surface area contributed by atoms with Crippen molar-refractivity contribution >= 4 is 12.2 Å². The van der Waals surface area contributed by atoms with Crippen molar-refractivity contribution in [3.05, 3.63) is 84.3 Å². The van der Waals surface area contributed by atoms with Gasteiger partial charge >= 0.3 is 0 Å². The molecule has 0 aliphatic carbocycles. The number of rotatable bonds is 11. The van der Waals surface area contributed by atoms with Crippen LogP contribution in [0.25, 0.3) is 22.5 Å². The number of aromatic nitrogens is 4. The zero-order valence-electron chi connectivity index (χ0n) is 22.1. The van der Waals surface area contributed by atoms with Crippen molar-refractivity contribution in [2.24, 2.45) is 0 Å². The van der Waals surface area contributed by atoms with E-state index >= 15 is 0 Å². The molecule has 2 aromatic carbocycles. The molecule has 0 saturated heterocycles. The topological polar surface area (TPSA) is 75.9 Å². The van der Waals surface area contributed by atoms with E-state index in [0.29, 0.717) is 38.3 Å². The first-order valence-corrected chi connectivity index (χ1v) is 12.8. The number of aryl methyl sites for hydroxylation is 2. The Bertz CT molecular complexity index is 1280. The summed E-state index contributed by atoms with van der Waals surface area (Å²) in [4.78, 5) is 21.3. The molecule has 200 valence electrons.